The van der Waals surface area contributed by atoms with E-state index in [1.54, 1.807) is 30.3 Å². The largest absolute Gasteiger partial charge is 0.352 e. The van der Waals surface area contributed by atoms with Crippen molar-refractivity contribution in [1.82, 2.24) is 0 Å². The highest BCUT2D eigenvalue weighted by molar-refractivity contribution is 6.32. The third-order valence-electron chi connectivity index (χ3n) is 7.93. The Hall–Kier alpha value is -3.50. The molecular weight excluding hydrogens is 470 g/mol. The average molecular weight is 496 g/mol. The van der Waals surface area contributed by atoms with Gasteiger partial charge in [0.2, 0.25) is 0 Å². The van der Waals surface area contributed by atoms with E-state index < -0.39 is 28.8 Å². The van der Waals surface area contributed by atoms with Crippen LogP contribution in [0.2, 0.25) is 5.02 Å². The first-order valence-corrected chi connectivity index (χ1v) is 12.6. The van der Waals surface area contributed by atoms with E-state index in [1.807, 2.05) is 80.3 Å². The van der Waals surface area contributed by atoms with Crippen LogP contribution in [0.3, 0.4) is 0 Å². The first-order valence-electron chi connectivity index (χ1n) is 12.2. The van der Waals surface area contributed by atoms with Crippen LogP contribution in [0, 0.1) is 10.8 Å². The van der Waals surface area contributed by atoms with Gasteiger partial charge in [-0.15, -0.1) is 0 Å². The van der Waals surface area contributed by atoms with E-state index in [2.05, 4.69) is 0 Å². The van der Waals surface area contributed by atoms with Crippen molar-refractivity contribution in [2.75, 3.05) is 4.90 Å². The molecule has 0 bridgehead atoms. The lowest BCUT2D eigenvalue weighted by Crippen LogP contribution is -2.49. The Morgan fingerprint density at radius 1 is 0.889 bits per heavy atom. The highest BCUT2D eigenvalue weighted by Crippen LogP contribution is 2.61. The summed E-state index contributed by atoms with van der Waals surface area (Å²) in [5.74, 6) is -1.09. The van der Waals surface area contributed by atoms with Gasteiger partial charge in [-0.2, -0.15) is 0 Å². The Morgan fingerprint density at radius 2 is 1.50 bits per heavy atom. The zero-order valence-electron chi connectivity index (χ0n) is 20.4. The molecule has 36 heavy (non-hydrogen) atoms. The Morgan fingerprint density at radius 3 is 2.11 bits per heavy atom. The molecule has 0 N–H and O–H groups in total. The molecular formula is C31H26ClNO3. The van der Waals surface area contributed by atoms with E-state index in [9.17, 15) is 14.4 Å². The van der Waals surface area contributed by atoms with Gasteiger partial charge in [0.05, 0.1) is 12.1 Å². The number of ketones is 3. The number of halogens is 1. The molecule has 3 aromatic carbocycles. The van der Waals surface area contributed by atoms with Crippen molar-refractivity contribution in [3.63, 3.8) is 0 Å². The van der Waals surface area contributed by atoms with Crippen LogP contribution < -0.4 is 4.90 Å². The van der Waals surface area contributed by atoms with Crippen LogP contribution in [0.4, 0.5) is 5.69 Å². The maximum atomic E-state index is 14.4. The van der Waals surface area contributed by atoms with Gasteiger partial charge in [-0.1, -0.05) is 99.1 Å². The van der Waals surface area contributed by atoms with E-state index in [1.165, 1.54) is 0 Å². The number of fused-ring (bicyclic) bond motifs is 5. The van der Waals surface area contributed by atoms with Crippen LogP contribution in [0.25, 0.3) is 6.08 Å². The summed E-state index contributed by atoms with van der Waals surface area (Å²) in [7, 11) is 0. The van der Waals surface area contributed by atoms with Crippen LogP contribution in [0.5, 0.6) is 0 Å². The molecule has 180 valence electrons. The molecule has 6 rings (SSSR count). The summed E-state index contributed by atoms with van der Waals surface area (Å²) in [5.41, 5.74) is 1.20. The monoisotopic (exact) mass is 495 g/mol. The van der Waals surface area contributed by atoms with E-state index in [4.69, 9.17) is 11.6 Å². The molecule has 3 aromatic rings. The lowest BCUT2D eigenvalue weighted by Gasteiger charge is -2.38. The SMILES string of the molecule is CC(C)(C)C(=O)[C@@H]1[C@H](c2ccccc2)C2(C(=O)c3ccccc3C2=O)[C@H]2C=Cc3cc(Cl)ccc3N12. The van der Waals surface area contributed by atoms with Crippen LogP contribution in [0.15, 0.2) is 78.9 Å². The second kappa shape index (κ2) is 7.75. The minimum atomic E-state index is -1.45. The normalized spacial score (nSPS) is 23.6. The first kappa shape index (κ1) is 22.9. The average Bonchev–Trinajstić information content (AvgIpc) is 3.29. The summed E-state index contributed by atoms with van der Waals surface area (Å²) in [6.45, 7) is 5.69. The lowest BCUT2D eigenvalue weighted by atomic mass is 9.63. The maximum Gasteiger partial charge on any atom is 0.180 e. The van der Waals surface area contributed by atoms with Crippen LogP contribution in [0.1, 0.15) is 58.5 Å². The van der Waals surface area contributed by atoms with Gasteiger partial charge in [-0.05, 0) is 29.3 Å². The summed E-state index contributed by atoms with van der Waals surface area (Å²) in [6.07, 6.45) is 3.85. The summed E-state index contributed by atoms with van der Waals surface area (Å²) in [4.78, 5) is 45.2. The number of anilines is 1. The second-order valence-corrected chi connectivity index (χ2v) is 11.4. The molecule has 1 aliphatic carbocycles. The van der Waals surface area contributed by atoms with Crippen molar-refractivity contribution in [3.8, 4) is 0 Å². The predicted octanol–water partition coefficient (Wildman–Crippen LogP) is 6.39. The topological polar surface area (TPSA) is 54.5 Å². The molecule has 2 heterocycles. The minimum absolute atomic E-state index is 0.00835. The van der Waals surface area contributed by atoms with Gasteiger partial charge in [0.25, 0.3) is 0 Å². The molecule has 3 aliphatic rings. The fourth-order valence-electron chi connectivity index (χ4n) is 6.42. The number of nitrogens with zero attached hydrogens (tertiary/aromatic N) is 1. The third kappa shape index (κ3) is 2.91. The standard InChI is InChI=1S/C31H26ClNO3/c1-30(2,3)29(36)26-25(18-9-5-4-6-10-18)31(27(34)21-11-7-8-12-22(21)28(31)35)24-16-13-19-17-20(32)14-15-23(19)33(24)26/h4-17,24-26H,1-3H3/t24-,25+,26+/m1/s1. The Bertz CT molecular complexity index is 1430. The summed E-state index contributed by atoms with van der Waals surface area (Å²) in [5, 5.41) is 0.587. The van der Waals surface area contributed by atoms with Crippen molar-refractivity contribution in [1.29, 1.82) is 0 Å². The van der Waals surface area contributed by atoms with Gasteiger partial charge in [0, 0.05) is 33.2 Å². The number of rotatable bonds is 2. The molecule has 1 spiro atoms. The van der Waals surface area contributed by atoms with Gasteiger partial charge >= 0.3 is 0 Å². The quantitative estimate of drug-likeness (QED) is 0.386. The fraction of sp³-hybridized carbons (Fsp3) is 0.258. The molecule has 1 saturated heterocycles. The molecule has 0 radical (unpaired) electrons. The summed E-state index contributed by atoms with van der Waals surface area (Å²) < 4.78 is 0. The van der Waals surface area contributed by atoms with E-state index in [0.717, 1.165) is 16.8 Å². The highest BCUT2D eigenvalue weighted by atomic mass is 35.5. The number of carbonyl (C=O) groups excluding carboxylic acids is 3. The van der Waals surface area contributed by atoms with Crippen molar-refractivity contribution >= 4 is 40.7 Å². The molecule has 5 heteroatoms. The molecule has 3 atom stereocenters. The van der Waals surface area contributed by atoms with Gasteiger partial charge in [-0.3, -0.25) is 14.4 Å². The predicted molar refractivity (Wildman–Crippen MR) is 142 cm³/mol. The highest BCUT2D eigenvalue weighted by Gasteiger charge is 2.71. The van der Waals surface area contributed by atoms with Crippen molar-refractivity contribution < 1.29 is 14.4 Å². The van der Waals surface area contributed by atoms with E-state index >= 15 is 0 Å². The summed E-state index contributed by atoms with van der Waals surface area (Å²) in [6, 6.07) is 20.8. The van der Waals surface area contributed by atoms with Crippen molar-refractivity contribution in [3.05, 3.63) is 106 Å². The number of Topliss-reactive ketones (excluding diaryl/α,β-unsaturated/α-hetero) is 3. The van der Waals surface area contributed by atoms with Gasteiger partial charge in [-0.25, -0.2) is 0 Å². The number of benzene rings is 3. The molecule has 0 amide bonds. The Labute approximate surface area is 215 Å². The lowest BCUT2D eigenvalue weighted by molar-refractivity contribution is -0.127. The third-order valence-corrected chi connectivity index (χ3v) is 8.17. The number of carbonyl (C=O) groups is 3. The van der Waals surface area contributed by atoms with Gasteiger partial charge in [0.1, 0.15) is 5.41 Å². The maximum absolute atomic E-state index is 14.4. The second-order valence-electron chi connectivity index (χ2n) is 10.9. The van der Waals surface area contributed by atoms with Crippen LogP contribution in [-0.4, -0.2) is 29.4 Å². The molecule has 1 fully saturated rings. The molecule has 0 saturated carbocycles. The van der Waals surface area contributed by atoms with Crippen LogP contribution in [-0.2, 0) is 4.79 Å². The zero-order valence-corrected chi connectivity index (χ0v) is 21.1. The van der Waals surface area contributed by atoms with E-state index in [-0.39, 0.29) is 17.3 Å². The fourth-order valence-corrected chi connectivity index (χ4v) is 6.61. The number of hydrogen-bond donors (Lipinski definition) is 0. The molecule has 4 nitrogen and oxygen atoms in total. The van der Waals surface area contributed by atoms with Crippen LogP contribution >= 0.6 is 11.6 Å². The van der Waals surface area contributed by atoms with Gasteiger partial charge in [0.15, 0.2) is 17.3 Å². The first-order chi connectivity index (χ1) is 17.2. The van der Waals surface area contributed by atoms with Gasteiger partial charge < -0.3 is 4.90 Å². The van der Waals surface area contributed by atoms with Crippen molar-refractivity contribution in [2.24, 2.45) is 10.8 Å². The van der Waals surface area contributed by atoms with Crippen molar-refractivity contribution in [2.45, 2.75) is 38.8 Å². The minimum Gasteiger partial charge on any atom is -0.352 e. The zero-order chi connectivity index (χ0) is 25.4. The number of hydrogen-bond acceptors (Lipinski definition) is 4. The molecule has 0 aromatic heterocycles. The smallest absolute Gasteiger partial charge is 0.180 e. The van der Waals surface area contributed by atoms with E-state index in [0.29, 0.717) is 16.1 Å². The summed E-state index contributed by atoms with van der Waals surface area (Å²) >= 11 is 6.32. The molecule has 0 unspecified atom stereocenters. The Balaban J connectivity index is 1.70. The molecule has 2 aliphatic heterocycles. The Kier molecular flexibility index (Phi) is 4.94.